The molecule has 4 rings (SSSR count). The predicted octanol–water partition coefficient (Wildman–Crippen LogP) is 2.28. The van der Waals surface area contributed by atoms with Crippen LogP contribution in [0, 0.1) is 12.7 Å². The number of anilines is 1. The molecule has 1 aliphatic heterocycles. The fraction of sp³-hybridized carbons (Fsp3) is 0.143. The number of amides is 4. The van der Waals surface area contributed by atoms with Crippen LogP contribution >= 0.6 is 0 Å². The van der Waals surface area contributed by atoms with Gasteiger partial charge in [-0.05, 0) is 49.2 Å². The van der Waals surface area contributed by atoms with Crippen LogP contribution in [0.5, 0.6) is 0 Å². The second-order valence-corrected chi connectivity index (χ2v) is 7.28. The molecule has 2 aromatic carbocycles. The smallest absolute Gasteiger partial charge is 0.322 e. The van der Waals surface area contributed by atoms with Gasteiger partial charge >= 0.3 is 6.03 Å². The third-order valence-corrected chi connectivity index (χ3v) is 5.04. The lowest BCUT2D eigenvalue weighted by Gasteiger charge is -2.21. The first-order chi connectivity index (χ1) is 14.2. The molecule has 4 amide bonds. The molecule has 0 bridgehead atoms. The molecule has 2 heterocycles. The molecule has 0 radical (unpaired) electrons. The van der Waals surface area contributed by atoms with Crippen molar-refractivity contribution in [3.05, 3.63) is 75.3 Å². The number of aromatic nitrogens is 1. The number of hydrogen-bond donors (Lipinski definition) is 4. The Morgan fingerprint density at radius 2 is 1.87 bits per heavy atom. The van der Waals surface area contributed by atoms with Crippen LogP contribution in [0.4, 0.5) is 14.9 Å². The van der Waals surface area contributed by atoms with Crippen LogP contribution in [0.25, 0.3) is 10.9 Å². The number of urea groups is 1. The van der Waals surface area contributed by atoms with Crippen LogP contribution in [0.2, 0.25) is 0 Å². The first-order valence-electron chi connectivity index (χ1n) is 9.06. The van der Waals surface area contributed by atoms with E-state index in [0.717, 1.165) is 6.07 Å². The van der Waals surface area contributed by atoms with Crippen molar-refractivity contribution in [1.29, 1.82) is 0 Å². The normalized spacial score (nSPS) is 18.2. The van der Waals surface area contributed by atoms with Crippen LogP contribution in [-0.4, -0.2) is 22.8 Å². The molecule has 152 valence electrons. The molecule has 1 atom stereocenters. The highest BCUT2D eigenvalue weighted by atomic mass is 19.1. The Labute approximate surface area is 169 Å². The van der Waals surface area contributed by atoms with E-state index in [9.17, 15) is 23.6 Å². The highest BCUT2D eigenvalue weighted by molar-refractivity contribution is 6.12. The molecule has 4 N–H and O–H groups in total. The highest BCUT2D eigenvalue weighted by Gasteiger charge is 2.43. The molecular weight excluding hydrogens is 391 g/mol. The third kappa shape index (κ3) is 3.20. The SMILES string of the molecule is Cc1cc(F)c2[nH]c(=O)cc(C(=O)Nc3cccc(C4(C)NC(=O)NC4=O)c3)c2c1. The van der Waals surface area contributed by atoms with Crippen molar-refractivity contribution in [3.63, 3.8) is 0 Å². The van der Waals surface area contributed by atoms with Crippen LogP contribution in [0.3, 0.4) is 0 Å². The number of fused-ring (bicyclic) bond motifs is 1. The highest BCUT2D eigenvalue weighted by Crippen LogP contribution is 2.27. The summed E-state index contributed by atoms with van der Waals surface area (Å²) in [5, 5.41) is 7.67. The van der Waals surface area contributed by atoms with Gasteiger partial charge in [0.15, 0.2) is 0 Å². The molecule has 1 unspecified atom stereocenters. The van der Waals surface area contributed by atoms with Crippen molar-refractivity contribution in [3.8, 4) is 0 Å². The number of halogens is 1. The number of H-pyrrole nitrogens is 1. The molecule has 0 aliphatic carbocycles. The number of benzene rings is 2. The van der Waals surface area contributed by atoms with Crippen LogP contribution in [-0.2, 0) is 10.3 Å². The predicted molar refractivity (Wildman–Crippen MR) is 108 cm³/mol. The number of aromatic amines is 1. The van der Waals surface area contributed by atoms with Gasteiger partial charge in [0.05, 0.1) is 11.1 Å². The number of hydrogen-bond acceptors (Lipinski definition) is 4. The van der Waals surface area contributed by atoms with E-state index in [2.05, 4.69) is 20.9 Å². The summed E-state index contributed by atoms with van der Waals surface area (Å²) < 4.78 is 14.3. The number of imide groups is 1. The fourth-order valence-corrected chi connectivity index (χ4v) is 3.49. The van der Waals surface area contributed by atoms with Crippen LogP contribution in [0.15, 0.2) is 47.3 Å². The molecular formula is C21H17FN4O4. The van der Waals surface area contributed by atoms with Gasteiger partial charge in [0, 0.05) is 17.1 Å². The summed E-state index contributed by atoms with van der Waals surface area (Å²) in [6.07, 6.45) is 0. The minimum Gasteiger partial charge on any atom is -0.322 e. The molecule has 30 heavy (non-hydrogen) atoms. The average Bonchev–Trinajstić information content (AvgIpc) is 2.94. The summed E-state index contributed by atoms with van der Waals surface area (Å²) in [5.74, 6) is -1.75. The van der Waals surface area contributed by atoms with Crippen molar-refractivity contribution < 1.29 is 18.8 Å². The van der Waals surface area contributed by atoms with E-state index in [4.69, 9.17) is 0 Å². The van der Waals surface area contributed by atoms with E-state index < -0.39 is 34.8 Å². The van der Waals surface area contributed by atoms with Crippen molar-refractivity contribution in [1.82, 2.24) is 15.6 Å². The molecule has 1 aliphatic rings. The summed E-state index contributed by atoms with van der Waals surface area (Å²) in [6, 6.07) is 9.78. The van der Waals surface area contributed by atoms with E-state index >= 15 is 0 Å². The van der Waals surface area contributed by atoms with Gasteiger partial charge in [0.1, 0.15) is 11.4 Å². The quantitative estimate of drug-likeness (QED) is 0.497. The lowest BCUT2D eigenvalue weighted by atomic mass is 9.92. The van der Waals surface area contributed by atoms with E-state index in [1.807, 2.05) is 0 Å². The zero-order valence-corrected chi connectivity index (χ0v) is 16.1. The summed E-state index contributed by atoms with van der Waals surface area (Å²) in [6.45, 7) is 3.23. The molecule has 3 aromatic rings. The van der Waals surface area contributed by atoms with Gasteiger partial charge in [-0.25, -0.2) is 9.18 Å². The summed E-state index contributed by atoms with van der Waals surface area (Å²) >= 11 is 0. The summed E-state index contributed by atoms with van der Waals surface area (Å²) in [4.78, 5) is 50.9. The van der Waals surface area contributed by atoms with E-state index in [-0.39, 0.29) is 16.5 Å². The second kappa shape index (κ2) is 6.80. The molecule has 1 aromatic heterocycles. The Bertz CT molecular complexity index is 1300. The Morgan fingerprint density at radius 1 is 1.10 bits per heavy atom. The van der Waals surface area contributed by atoms with Crippen LogP contribution in [0.1, 0.15) is 28.4 Å². The van der Waals surface area contributed by atoms with Crippen molar-refractivity contribution >= 4 is 34.4 Å². The van der Waals surface area contributed by atoms with E-state index in [1.165, 1.54) is 6.07 Å². The average molecular weight is 408 g/mol. The first-order valence-corrected chi connectivity index (χ1v) is 9.06. The van der Waals surface area contributed by atoms with E-state index in [0.29, 0.717) is 16.8 Å². The zero-order valence-electron chi connectivity index (χ0n) is 16.1. The van der Waals surface area contributed by atoms with Crippen molar-refractivity contribution in [2.45, 2.75) is 19.4 Å². The summed E-state index contributed by atoms with van der Waals surface area (Å²) in [7, 11) is 0. The van der Waals surface area contributed by atoms with Gasteiger partial charge in [0.2, 0.25) is 5.56 Å². The second-order valence-electron chi connectivity index (χ2n) is 7.28. The third-order valence-electron chi connectivity index (χ3n) is 5.04. The zero-order chi connectivity index (χ0) is 21.6. The van der Waals surface area contributed by atoms with Crippen molar-refractivity contribution in [2.24, 2.45) is 0 Å². The molecule has 0 saturated carbocycles. The van der Waals surface area contributed by atoms with Gasteiger partial charge in [-0.3, -0.25) is 19.7 Å². The molecule has 1 fully saturated rings. The van der Waals surface area contributed by atoms with Gasteiger partial charge in [-0.15, -0.1) is 0 Å². The van der Waals surface area contributed by atoms with Gasteiger partial charge in [-0.2, -0.15) is 0 Å². The Kier molecular flexibility index (Phi) is 4.38. The first kappa shape index (κ1) is 19.3. The molecule has 0 spiro atoms. The summed E-state index contributed by atoms with van der Waals surface area (Å²) in [5.41, 5.74) is -0.532. The number of carbonyl (C=O) groups excluding carboxylic acids is 3. The van der Waals surface area contributed by atoms with Gasteiger partial charge < -0.3 is 15.6 Å². The van der Waals surface area contributed by atoms with Crippen LogP contribution < -0.4 is 21.5 Å². The number of nitrogens with one attached hydrogen (secondary N) is 4. The van der Waals surface area contributed by atoms with Crippen molar-refractivity contribution in [2.75, 3.05) is 5.32 Å². The number of aryl methyl sites for hydroxylation is 1. The standard InChI is InChI=1S/C21H17FN4O4/c1-10-6-13-14(9-16(27)24-17(13)15(22)7-10)18(28)23-12-5-3-4-11(8-12)21(2)19(29)25-20(30)26-21/h3-9H,1-2H3,(H,23,28)(H,24,27)(H2,25,26,29,30). The Balaban J connectivity index is 1.72. The lowest BCUT2D eigenvalue weighted by Crippen LogP contribution is -2.40. The van der Waals surface area contributed by atoms with E-state index in [1.54, 1.807) is 44.2 Å². The lowest BCUT2D eigenvalue weighted by molar-refractivity contribution is -0.123. The maximum absolute atomic E-state index is 14.3. The molecule has 9 heteroatoms. The Morgan fingerprint density at radius 3 is 2.57 bits per heavy atom. The molecule has 1 saturated heterocycles. The maximum atomic E-state index is 14.3. The topological polar surface area (TPSA) is 120 Å². The number of pyridine rings is 1. The van der Waals surface area contributed by atoms with Gasteiger partial charge in [-0.1, -0.05) is 12.1 Å². The minimum absolute atomic E-state index is 0.0138. The minimum atomic E-state index is -1.28. The molecule has 8 nitrogen and oxygen atoms in total. The monoisotopic (exact) mass is 408 g/mol. The largest absolute Gasteiger partial charge is 0.322 e. The maximum Gasteiger partial charge on any atom is 0.322 e. The number of carbonyl (C=O) groups is 3. The van der Waals surface area contributed by atoms with Gasteiger partial charge in [0.25, 0.3) is 11.8 Å². The Hall–Kier alpha value is -4.01. The fourth-order valence-electron chi connectivity index (χ4n) is 3.49. The number of rotatable bonds is 3.